The summed E-state index contributed by atoms with van der Waals surface area (Å²) in [6.07, 6.45) is 1.91. The number of rotatable bonds is 6. The van der Waals surface area contributed by atoms with Crippen LogP contribution in [0.5, 0.6) is 5.75 Å². The van der Waals surface area contributed by atoms with Gasteiger partial charge in [-0.2, -0.15) is 0 Å². The molecule has 2 aromatic heterocycles. The molecule has 0 atom stereocenters. The third kappa shape index (κ3) is 9.57. The number of aromatic nitrogens is 3. The van der Waals surface area contributed by atoms with E-state index >= 15 is 0 Å². The molecule has 8 rings (SSSR count). The van der Waals surface area contributed by atoms with E-state index in [-0.39, 0.29) is 48.5 Å². The minimum absolute atomic E-state index is 0. The zero-order valence-corrected chi connectivity index (χ0v) is 43.0. The molecule has 4 nitrogen and oxygen atoms in total. The molecule has 0 saturated heterocycles. The van der Waals surface area contributed by atoms with E-state index < -0.39 is 0 Å². The predicted molar refractivity (Wildman–Crippen MR) is 271 cm³/mol. The average molecular weight is 1040 g/mol. The molecular weight excluding hydrogens is 974 g/mol. The molecule has 65 heavy (non-hydrogen) atoms. The van der Waals surface area contributed by atoms with Crippen molar-refractivity contribution < 1.29 is 26.2 Å². The van der Waals surface area contributed by atoms with Crippen molar-refractivity contribution in [3.63, 3.8) is 0 Å². The minimum Gasteiger partial charge on any atom is -0.507 e. The summed E-state index contributed by atoms with van der Waals surface area (Å²) in [5.74, 6) is 0.916. The van der Waals surface area contributed by atoms with E-state index in [2.05, 4.69) is 216 Å². The Morgan fingerprint density at radius 3 is 1.68 bits per heavy atom. The Hall–Kier alpha value is -5.57. The van der Waals surface area contributed by atoms with Gasteiger partial charge < -0.3 is 5.11 Å². The van der Waals surface area contributed by atoms with Crippen molar-refractivity contribution in [3.05, 3.63) is 167 Å². The van der Waals surface area contributed by atoms with Crippen LogP contribution < -0.4 is 0 Å². The number of hydrogen-bond donors (Lipinski definition) is 1. The molecule has 0 saturated carbocycles. The number of phenolic OH excluding ortho intramolecular Hbond substituents is 1. The molecule has 0 aliphatic carbocycles. The number of aromatic hydroxyl groups is 1. The van der Waals surface area contributed by atoms with Crippen molar-refractivity contribution >= 4 is 11.0 Å². The first kappa shape index (κ1) is 47.4. The second kappa shape index (κ2) is 17.3. The SMILES string of the molecule is Cc1cc(C)c(O)c(-c2nc3c(-c4[c-]c(-c5cc(-c6ccc(C(C)(C)C)cc6)ccn5)cc(C(C)(C)C)c4)cccc3n2-c2cc(C(C)(C)C)ccc2-c2ccc(C(C)(C)C)cc2)c1.[Pt]. The maximum absolute atomic E-state index is 11.9. The van der Waals surface area contributed by atoms with Gasteiger partial charge in [0, 0.05) is 38.5 Å². The maximum atomic E-state index is 11.9. The number of phenols is 1. The van der Waals surface area contributed by atoms with Gasteiger partial charge in [0.2, 0.25) is 0 Å². The largest absolute Gasteiger partial charge is 0.507 e. The van der Waals surface area contributed by atoms with Crippen LogP contribution in [0.25, 0.3) is 72.7 Å². The van der Waals surface area contributed by atoms with E-state index in [0.29, 0.717) is 11.4 Å². The molecule has 6 aromatic carbocycles. The van der Waals surface area contributed by atoms with Crippen molar-refractivity contribution in [3.8, 4) is 67.5 Å². The first-order valence-corrected chi connectivity index (χ1v) is 22.7. The zero-order chi connectivity index (χ0) is 46.1. The molecular formula is C60H64N3OPt-. The molecule has 0 bridgehead atoms. The number of fused-ring (bicyclic) bond motifs is 1. The summed E-state index contributed by atoms with van der Waals surface area (Å²) in [6.45, 7) is 31.1. The molecule has 0 aliphatic heterocycles. The van der Waals surface area contributed by atoms with E-state index in [0.717, 1.165) is 72.5 Å². The van der Waals surface area contributed by atoms with Crippen LogP contribution in [-0.2, 0) is 42.7 Å². The van der Waals surface area contributed by atoms with Crippen LogP contribution in [0.1, 0.15) is 116 Å². The fourth-order valence-corrected chi connectivity index (χ4v) is 8.65. The van der Waals surface area contributed by atoms with Gasteiger partial charge in [-0.1, -0.05) is 179 Å². The van der Waals surface area contributed by atoms with Gasteiger partial charge in [-0.15, -0.1) is 29.3 Å². The van der Waals surface area contributed by atoms with Crippen molar-refractivity contribution in [2.45, 2.75) is 119 Å². The van der Waals surface area contributed by atoms with Crippen molar-refractivity contribution in [2.75, 3.05) is 0 Å². The van der Waals surface area contributed by atoms with Gasteiger partial charge in [0.05, 0.1) is 22.3 Å². The Kier molecular flexibility index (Phi) is 12.6. The second-order valence-corrected chi connectivity index (χ2v) is 21.9. The van der Waals surface area contributed by atoms with Crippen LogP contribution in [0.15, 0.2) is 128 Å². The molecule has 0 spiro atoms. The number of imidazole rings is 1. The predicted octanol–water partition coefficient (Wildman–Crippen LogP) is 16.1. The van der Waals surface area contributed by atoms with Gasteiger partial charge in [-0.3, -0.25) is 9.55 Å². The van der Waals surface area contributed by atoms with Crippen LogP contribution >= 0.6 is 0 Å². The molecule has 5 heteroatoms. The Labute approximate surface area is 402 Å². The van der Waals surface area contributed by atoms with Crippen molar-refractivity contribution in [2.24, 2.45) is 0 Å². The minimum atomic E-state index is -0.160. The number of hydrogen-bond acceptors (Lipinski definition) is 3. The summed E-state index contributed by atoms with van der Waals surface area (Å²) in [4.78, 5) is 10.5. The smallest absolute Gasteiger partial charge is 0.148 e. The third-order valence-electron chi connectivity index (χ3n) is 12.7. The van der Waals surface area contributed by atoms with Crippen molar-refractivity contribution in [1.82, 2.24) is 14.5 Å². The summed E-state index contributed by atoms with van der Waals surface area (Å²) in [6, 6.07) is 47.9. The molecule has 8 aromatic rings. The first-order valence-electron chi connectivity index (χ1n) is 22.7. The fraction of sp³-hybridized carbons (Fsp3) is 0.300. The molecule has 1 N–H and O–H groups in total. The fourth-order valence-electron chi connectivity index (χ4n) is 8.65. The molecule has 0 unspecified atom stereocenters. The first-order chi connectivity index (χ1) is 30.0. The third-order valence-corrected chi connectivity index (χ3v) is 12.7. The molecule has 0 fully saturated rings. The Morgan fingerprint density at radius 1 is 0.508 bits per heavy atom. The Morgan fingerprint density at radius 2 is 1.08 bits per heavy atom. The number of aryl methyl sites for hydroxylation is 2. The van der Waals surface area contributed by atoms with Crippen LogP contribution in [0, 0.1) is 19.9 Å². The number of benzene rings is 6. The summed E-state index contributed by atoms with van der Waals surface area (Å²) in [7, 11) is 0. The number of para-hydroxylation sites is 1. The number of pyridine rings is 1. The van der Waals surface area contributed by atoms with E-state index in [1.807, 2.05) is 19.2 Å². The Bertz CT molecular complexity index is 3030. The molecule has 336 valence electrons. The monoisotopic (exact) mass is 1040 g/mol. The van der Waals surface area contributed by atoms with Gasteiger partial charge in [-0.05, 0) is 104 Å². The van der Waals surface area contributed by atoms with E-state index in [1.54, 1.807) is 0 Å². The standard InChI is InChI=1S/C60H64N3O.Pt/c1-37-30-38(2)55(64)50(31-37)56-62-54-49(16-15-17-52(54)63(56)53-36-46(59(9,10)11)26-27-48(53)40-20-24-45(25-21-40)58(6,7)8)42-32-43(34-47(33-42)60(12,13)14)51-35-41(28-29-61-51)39-18-22-44(23-19-39)57(3,4)5;/h15-31,33-36,64H,1-14H3;/q-1;. The summed E-state index contributed by atoms with van der Waals surface area (Å²) in [5.41, 5.74) is 18.3. The molecule has 0 aliphatic rings. The van der Waals surface area contributed by atoms with Gasteiger partial charge in [0.1, 0.15) is 11.6 Å². The summed E-state index contributed by atoms with van der Waals surface area (Å²) in [5, 5.41) is 11.9. The van der Waals surface area contributed by atoms with Gasteiger partial charge in [0.25, 0.3) is 0 Å². The maximum Gasteiger partial charge on any atom is 0.148 e. The quantitative estimate of drug-likeness (QED) is 0.169. The van der Waals surface area contributed by atoms with Crippen LogP contribution in [0.4, 0.5) is 0 Å². The average Bonchev–Trinajstić information content (AvgIpc) is 3.63. The Balaban J connectivity index is 0.00000630. The second-order valence-electron chi connectivity index (χ2n) is 21.9. The van der Waals surface area contributed by atoms with Gasteiger partial charge >= 0.3 is 0 Å². The van der Waals surface area contributed by atoms with E-state index in [9.17, 15) is 5.11 Å². The molecule has 2 heterocycles. The topological polar surface area (TPSA) is 50.9 Å². The number of nitrogens with zero attached hydrogens (tertiary/aromatic N) is 3. The molecule has 0 amide bonds. The summed E-state index contributed by atoms with van der Waals surface area (Å²) >= 11 is 0. The normalized spacial score (nSPS) is 12.4. The zero-order valence-electron chi connectivity index (χ0n) is 40.7. The van der Waals surface area contributed by atoms with E-state index in [4.69, 9.17) is 9.97 Å². The van der Waals surface area contributed by atoms with Crippen LogP contribution in [-0.4, -0.2) is 19.6 Å². The molecule has 0 radical (unpaired) electrons. The van der Waals surface area contributed by atoms with Crippen LogP contribution in [0.3, 0.4) is 0 Å². The van der Waals surface area contributed by atoms with Crippen molar-refractivity contribution in [1.29, 1.82) is 0 Å². The van der Waals surface area contributed by atoms with Gasteiger partial charge in [0.15, 0.2) is 0 Å². The van der Waals surface area contributed by atoms with Gasteiger partial charge in [-0.25, -0.2) is 4.98 Å². The van der Waals surface area contributed by atoms with E-state index in [1.165, 1.54) is 22.3 Å². The summed E-state index contributed by atoms with van der Waals surface area (Å²) < 4.78 is 2.28. The van der Waals surface area contributed by atoms with Crippen LogP contribution in [0.2, 0.25) is 0 Å².